The number of hydrogen-bond donors (Lipinski definition) is 1. The largest absolute Gasteiger partial charge is 0.493 e. The second-order valence-electron chi connectivity index (χ2n) is 6.75. The molecule has 0 saturated carbocycles. The van der Waals surface area contributed by atoms with E-state index in [4.69, 9.17) is 9.47 Å². The molecule has 1 aliphatic heterocycles. The van der Waals surface area contributed by atoms with Gasteiger partial charge < -0.3 is 19.7 Å². The van der Waals surface area contributed by atoms with Crippen molar-refractivity contribution in [2.75, 3.05) is 31.7 Å². The Labute approximate surface area is 159 Å². The number of amides is 1. The molecule has 0 aliphatic carbocycles. The molecular weight excluding hydrogens is 347 g/mol. The monoisotopic (exact) mass is 372 g/mol. The van der Waals surface area contributed by atoms with Crippen molar-refractivity contribution in [3.05, 3.63) is 53.8 Å². The number of benzene rings is 2. The molecule has 0 bridgehead atoms. The fraction of sp³-hybridized carbons (Fsp3) is 0.381. The molecule has 1 aliphatic rings. The average molecular weight is 372 g/mol. The first-order valence-electron chi connectivity index (χ1n) is 9.13. The summed E-state index contributed by atoms with van der Waals surface area (Å²) in [7, 11) is 1.56. The maximum absolute atomic E-state index is 14.2. The summed E-state index contributed by atoms with van der Waals surface area (Å²) in [5.74, 6) is 0.691. The SMILES string of the molecule is COc1ccccc1OCC(=O)NC1CCCN(c2cc(C)ccc2F)C1. The number of rotatable bonds is 6. The number of carbonyl (C=O) groups excluding carboxylic acids is 1. The van der Waals surface area contributed by atoms with Crippen molar-refractivity contribution >= 4 is 11.6 Å². The normalized spacial score (nSPS) is 16.7. The number of nitrogens with one attached hydrogen (secondary N) is 1. The first-order valence-corrected chi connectivity index (χ1v) is 9.13. The summed E-state index contributed by atoms with van der Waals surface area (Å²) in [5.41, 5.74) is 1.61. The molecule has 144 valence electrons. The van der Waals surface area contributed by atoms with E-state index in [-0.39, 0.29) is 24.4 Å². The number of nitrogens with zero attached hydrogens (tertiary/aromatic N) is 1. The summed E-state index contributed by atoms with van der Waals surface area (Å²) in [6.07, 6.45) is 1.76. The van der Waals surface area contributed by atoms with E-state index in [1.807, 2.05) is 30.0 Å². The third-order valence-electron chi connectivity index (χ3n) is 4.66. The second kappa shape index (κ2) is 8.75. The van der Waals surface area contributed by atoms with E-state index in [1.165, 1.54) is 6.07 Å². The summed E-state index contributed by atoms with van der Waals surface area (Å²) < 4.78 is 24.9. The fourth-order valence-electron chi connectivity index (χ4n) is 3.33. The van der Waals surface area contributed by atoms with Gasteiger partial charge in [0.05, 0.1) is 12.8 Å². The maximum atomic E-state index is 14.2. The predicted molar refractivity (Wildman–Crippen MR) is 103 cm³/mol. The van der Waals surface area contributed by atoms with Gasteiger partial charge in [0.25, 0.3) is 5.91 Å². The topological polar surface area (TPSA) is 50.8 Å². The van der Waals surface area contributed by atoms with Crippen LogP contribution in [0.3, 0.4) is 0 Å². The van der Waals surface area contributed by atoms with Crippen LogP contribution in [0.5, 0.6) is 11.5 Å². The molecule has 27 heavy (non-hydrogen) atoms. The Bertz CT molecular complexity index is 797. The van der Waals surface area contributed by atoms with E-state index in [0.717, 1.165) is 24.9 Å². The molecule has 2 aromatic carbocycles. The van der Waals surface area contributed by atoms with Gasteiger partial charge in [0.2, 0.25) is 0 Å². The van der Waals surface area contributed by atoms with Gasteiger partial charge in [0, 0.05) is 19.1 Å². The molecule has 1 amide bonds. The van der Waals surface area contributed by atoms with Crippen LogP contribution in [0.4, 0.5) is 10.1 Å². The first kappa shape index (κ1) is 19.0. The van der Waals surface area contributed by atoms with Gasteiger partial charge in [-0.05, 0) is 49.6 Å². The molecule has 1 N–H and O–H groups in total. The van der Waals surface area contributed by atoms with Crippen molar-refractivity contribution in [3.63, 3.8) is 0 Å². The van der Waals surface area contributed by atoms with E-state index >= 15 is 0 Å². The van der Waals surface area contributed by atoms with Crippen molar-refractivity contribution < 1.29 is 18.7 Å². The molecule has 2 aromatic rings. The minimum atomic E-state index is -0.230. The predicted octanol–water partition coefficient (Wildman–Crippen LogP) is 3.31. The summed E-state index contributed by atoms with van der Waals surface area (Å²) >= 11 is 0. The van der Waals surface area contributed by atoms with Crippen LogP contribution < -0.4 is 19.7 Å². The van der Waals surface area contributed by atoms with Crippen molar-refractivity contribution in [3.8, 4) is 11.5 Å². The zero-order valence-electron chi connectivity index (χ0n) is 15.7. The molecule has 1 saturated heterocycles. The number of carbonyl (C=O) groups is 1. The van der Waals surface area contributed by atoms with Crippen molar-refractivity contribution in [2.45, 2.75) is 25.8 Å². The van der Waals surface area contributed by atoms with Crippen molar-refractivity contribution in [2.24, 2.45) is 0 Å². The maximum Gasteiger partial charge on any atom is 0.258 e. The standard InChI is InChI=1S/C21H25FN2O3/c1-15-9-10-17(22)18(12-15)24-11-5-6-16(13-24)23-21(25)14-27-20-8-4-3-7-19(20)26-2/h3-4,7-10,12,16H,5-6,11,13-14H2,1-2H3,(H,23,25). The Balaban J connectivity index is 1.55. The van der Waals surface area contributed by atoms with Gasteiger partial charge in [-0.2, -0.15) is 0 Å². The lowest BCUT2D eigenvalue weighted by Crippen LogP contribution is -2.49. The van der Waals surface area contributed by atoms with Gasteiger partial charge in [-0.15, -0.1) is 0 Å². The van der Waals surface area contributed by atoms with Gasteiger partial charge in [0.15, 0.2) is 18.1 Å². The smallest absolute Gasteiger partial charge is 0.258 e. The number of anilines is 1. The Morgan fingerprint density at radius 1 is 1.26 bits per heavy atom. The Hall–Kier alpha value is -2.76. The van der Waals surface area contributed by atoms with Gasteiger partial charge in [0.1, 0.15) is 5.82 Å². The average Bonchev–Trinajstić information content (AvgIpc) is 2.68. The lowest BCUT2D eigenvalue weighted by Gasteiger charge is -2.35. The lowest BCUT2D eigenvalue weighted by molar-refractivity contribution is -0.123. The molecule has 0 aromatic heterocycles. The highest BCUT2D eigenvalue weighted by Gasteiger charge is 2.23. The minimum absolute atomic E-state index is 0.0348. The van der Waals surface area contributed by atoms with E-state index in [1.54, 1.807) is 25.3 Å². The van der Waals surface area contributed by atoms with Crippen LogP contribution >= 0.6 is 0 Å². The van der Waals surface area contributed by atoms with Crippen molar-refractivity contribution in [1.82, 2.24) is 5.32 Å². The molecule has 1 heterocycles. The summed E-state index contributed by atoms with van der Waals surface area (Å²) in [4.78, 5) is 14.3. The van der Waals surface area contributed by atoms with E-state index in [9.17, 15) is 9.18 Å². The third kappa shape index (κ3) is 4.90. The van der Waals surface area contributed by atoms with Crippen LogP contribution in [0.25, 0.3) is 0 Å². The zero-order valence-corrected chi connectivity index (χ0v) is 15.7. The highest BCUT2D eigenvalue weighted by atomic mass is 19.1. The van der Waals surface area contributed by atoms with Crippen LogP contribution in [0.1, 0.15) is 18.4 Å². The van der Waals surface area contributed by atoms with Crippen LogP contribution in [0.15, 0.2) is 42.5 Å². The Morgan fingerprint density at radius 3 is 2.81 bits per heavy atom. The van der Waals surface area contributed by atoms with Crippen LogP contribution in [0, 0.1) is 12.7 Å². The number of piperidine rings is 1. The van der Waals surface area contributed by atoms with Crippen LogP contribution in [0.2, 0.25) is 0 Å². The number of halogens is 1. The number of aryl methyl sites for hydroxylation is 1. The molecular formula is C21H25FN2O3. The number of ether oxygens (including phenoxy) is 2. The molecule has 0 spiro atoms. The van der Waals surface area contributed by atoms with Gasteiger partial charge >= 0.3 is 0 Å². The molecule has 1 fully saturated rings. The third-order valence-corrected chi connectivity index (χ3v) is 4.66. The van der Waals surface area contributed by atoms with Crippen molar-refractivity contribution in [1.29, 1.82) is 0 Å². The molecule has 6 heteroatoms. The van der Waals surface area contributed by atoms with Gasteiger partial charge in [-0.3, -0.25) is 4.79 Å². The first-order chi connectivity index (χ1) is 13.1. The molecule has 1 atom stereocenters. The molecule has 1 unspecified atom stereocenters. The Morgan fingerprint density at radius 2 is 2.04 bits per heavy atom. The summed E-state index contributed by atoms with van der Waals surface area (Å²) in [5, 5.41) is 2.99. The van der Waals surface area contributed by atoms with Crippen LogP contribution in [-0.2, 0) is 4.79 Å². The van der Waals surface area contributed by atoms with Crippen LogP contribution in [-0.4, -0.2) is 38.8 Å². The Kier molecular flexibility index (Phi) is 6.16. The highest BCUT2D eigenvalue weighted by molar-refractivity contribution is 5.78. The summed E-state index contributed by atoms with van der Waals surface area (Å²) in [6, 6.07) is 12.3. The fourth-order valence-corrected chi connectivity index (χ4v) is 3.33. The van der Waals surface area contributed by atoms with E-state index < -0.39 is 0 Å². The number of para-hydroxylation sites is 2. The van der Waals surface area contributed by atoms with E-state index in [2.05, 4.69) is 5.32 Å². The highest BCUT2D eigenvalue weighted by Crippen LogP contribution is 2.26. The van der Waals surface area contributed by atoms with Gasteiger partial charge in [-0.25, -0.2) is 4.39 Å². The van der Waals surface area contributed by atoms with E-state index in [0.29, 0.717) is 23.7 Å². The molecule has 3 rings (SSSR count). The minimum Gasteiger partial charge on any atom is -0.493 e. The quantitative estimate of drug-likeness (QED) is 0.845. The number of methoxy groups -OCH3 is 1. The second-order valence-corrected chi connectivity index (χ2v) is 6.75. The molecule has 0 radical (unpaired) electrons. The summed E-state index contributed by atoms with van der Waals surface area (Å²) in [6.45, 7) is 3.22. The molecule has 5 nitrogen and oxygen atoms in total. The van der Waals surface area contributed by atoms with Gasteiger partial charge in [-0.1, -0.05) is 18.2 Å². The zero-order chi connectivity index (χ0) is 19.2. The lowest BCUT2D eigenvalue weighted by atomic mass is 10.0. The number of hydrogen-bond acceptors (Lipinski definition) is 4.